The third kappa shape index (κ3) is 2.00. The van der Waals surface area contributed by atoms with Crippen LogP contribution in [0.4, 0.5) is 0 Å². The van der Waals surface area contributed by atoms with Crippen LogP contribution in [0.2, 0.25) is 0 Å². The molecule has 0 N–H and O–H groups in total. The van der Waals surface area contributed by atoms with E-state index in [1.165, 1.54) is 7.11 Å². The van der Waals surface area contributed by atoms with Gasteiger partial charge in [0.2, 0.25) is 5.76 Å². The van der Waals surface area contributed by atoms with Gasteiger partial charge in [-0.05, 0) is 25.8 Å². The molecule has 1 fully saturated rings. The molecule has 0 amide bonds. The summed E-state index contributed by atoms with van der Waals surface area (Å²) in [5, 5.41) is 0. The van der Waals surface area contributed by atoms with Crippen molar-refractivity contribution in [2.24, 2.45) is 5.92 Å². The maximum absolute atomic E-state index is 11.3. The second-order valence-electron chi connectivity index (χ2n) is 3.99. The Morgan fingerprint density at radius 1 is 1.60 bits per heavy atom. The Morgan fingerprint density at radius 2 is 2.40 bits per heavy atom. The van der Waals surface area contributed by atoms with Gasteiger partial charge in [0.05, 0.1) is 13.2 Å². The van der Waals surface area contributed by atoms with E-state index in [-0.39, 0.29) is 18.0 Å². The topological polar surface area (TPSA) is 44.8 Å². The SMILES string of the molecule is COC(=O)C1=C[C@@H]2OCCC[C@H]2[C@@H](C)O1. The molecule has 0 radical (unpaired) electrons. The Balaban J connectivity index is 2.15. The van der Waals surface area contributed by atoms with Gasteiger partial charge in [-0.1, -0.05) is 0 Å². The lowest BCUT2D eigenvalue weighted by Crippen LogP contribution is -2.40. The van der Waals surface area contributed by atoms with E-state index >= 15 is 0 Å². The van der Waals surface area contributed by atoms with Gasteiger partial charge in [-0.3, -0.25) is 0 Å². The zero-order valence-electron chi connectivity index (χ0n) is 9.06. The number of ether oxygens (including phenoxy) is 3. The molecule has 0 unspecified atom stereocenters. The third-order valence-electron chi connectivity index (χ3n) is 3.03. The second-order valence-corrected chi connectivity index (χ2v) is 3.99. The predicted octanol–water partition coefficient (Wildman–Crippen LogP) is 1.26. The van der Waals surface area contributed by atoms with Crippen LogP contribution in [0.1, 0.15) is 19.8 Å². The highest BCUT2D eigenvalue weighted by atomic mass is 16.6. The van der Waals surface area contributed by atoms with Gasteiger partial charge in [-0.2, -0.15) is 0 Å². The smallest absolute Gasteiger partial charge is 0.373 e. The average Bonchev–Trinajstić information content (AvgIpc) is 2.28. The van der Waals surface area contributed by atoms with Gasteiger partial charge in [0, 0.05) is 12.5 Å². The minimum Gasteiger partial charge on any atom is -0.483 e. The molecule has 2 rings (SSSR count). The van der Waals surface area contributed by atoms with Gasteiger partial charge < -0.3 is 14.2 Å². The molecule has 0 aromatic heterocycles. The number of fused-ring (bicyclic) bond motifs is 1. The monoisotopic (exact) mass is 212 g/mol. The summed E-state index contributed by atoms with van der Waals surface area (Å²) in [7, 11) is 1.35. The number of hydrogen-bond acceptors (Lipinski definition) is 4. The first kappa shape index (κ1) is 10.5. The summed E-state index contributed by atoms with van der Waals surface area (Å²) in [6.07, 6.45) is 3.94. The first-order valence-corrected chi connectivity index (χ1v) is 5.30. The number of esters is 1. The highest BCUT2D eigenvalue weighted by Gasteiger charge is 2.36. The molecule has 2 aliphatic heterocycles. The van der Waals surface area contributed by atoms with Gasteiger partial charge in [0.1, 0.15) is 6.10 Å². The van der Waals surface area contributed by atoms with E-state index in [0.29, 0.717) is 5.92 Å². The Kier molecular flexibility index (Phi) is 2.95. The van der Waals surface area contributed by atoms with E-state index in [1.807, 2.05) is 6.92 Å². The maximum Gasteiger partial charge on any atom is 0.373 e. The molecule has 0 aliphatic carbocycles. The van der Waals surface area contributed by atoms with Crippen molar-refractivity contribution >= 4 is 5.97 Å². The largest absolute Gasteiger partial charge is 0.483 e. The molecule has 3 atom stereocenters. The molecule has 0 aromatic carbocycles. The lowest BCUT2D eigenvalue weighted by Gasteiger charge is -2.37. The molecule has 15 heavy (non-hydrogen) atoms. The predicted molar refractivity (Wildman–Crippen MR) is 53.1 cm³/mol. The second kappa shape index (κ2) is 4.23. The van der Waals surface area contributed by atoms with Gasteiger partial charge >= 0.3 is 5.97 Å². The van der Waals surface area contributed by atoms with Crippen LogP contribution in [0.3, 0.4) is 0 Å². The Bertz CT molecular complexity index is 284. The van der Waals surface area contributed by atoms with Crippen LogP contribution in [0.5, 0.6) is 0 Å². The van der Waals surface area contributed by atoms with E-state index in [1.54, 1.807) is 6.08 Å². The van der Waals surface area contributed by atoms with Gasteiger partial charge in [-0.25, -0.2) is 4.79 Å². The van der Waals surface area contributed by atoms with Crippen LogP contribution in [-0.4, -0.2) is 31.9 Å². The van der Waals surface area contributed by atoms with E-state index in [0.717, 1.165) is 19.4 Å². The van der Waals surface area contributed by atoms with E-state index < -0.39 is 5.97 Å². The zero-order valence-corrected chi connectivity index (χ0v) is 9.06. The maximum atomic E-state index is 11.3. The molecule has 1 saturated heterocycles. The standard InChI is InChI=1S/C11H16O4/c1-7-8-4-3-5-14-9(8)6-10(15-7)11(12)13-2/h6-9H,3-5H2,1-2H3/t7-,8+,9+/m1/s1. The number of carbonyl (C=O) groups excluding carboxylic acids is 1. The summed E-state index contributed by atoms with van der Waals surface area (Å²) < 4.78 is 15.8. The van der Waals surface area contributed by atoms with Crippen molar-refractivity contribution in [2.75, 3.05) is 13.7 Å². The summed E-state index contributed by atoms with van der Waals surface area (Å²) in [6, 6.07) is 0. The van der Waals surface area contributed by atoms with Crippen LogP contribution in [-0.2, 0) is 19.0 Å². The first-order valence-electron chi connectivity index (χ1n) is 5.30. The van der Waals surface area contributed by atoms with Crippen LogP contribution < -0.4 is 0 Å². The van der Waals surface area contributed by atoms with E-state index in [9.17, 15) is 4.79 Å². The highest BCUT2D eigenvalue weighted by molar-refractivity contribution is 5.86. The van der Waals surface area contributed by atoms with Crippen LogP contribution in [0, 0.1) is 5.92 Å². The molecule has 84 valence electrons. The number of carbonyl (C=O) groups is 1. The van der Waals surface area contributed by atoms with Crippen molar-refractivity contribution in [1.29, 1.82) is 0 Å². The summed E-state index contributed by atoms with van der Waals surface area (Å²) in [4.78, 5) is 11.3. The molecular weight excluding hydrogens is 196 g/mol. The molecule has 0 saturated carbocycles. The molecule has 0 spiro atoms. The molecule has 4 heteroatoms. The highest BCUT2D eigenvalue weighted by Crippen LogP contribution is 2.32. The average molecular weight is 212 g/mol. The fourth-order valence-corrected chi connectivity index (χ4v) is 2.19. The molecule has 2 heterocycles. The van der Waals surface area contributed by atoms with Crippen molar-refractivity contribution in [2.45, 2.75) is 32.0 Å². The first-order chi connectivity index (χ1) is 7.22. The molecule has 0 aromatic rings. The Labute approximate surface area is 89.2 Å². The van der Waals surface area contributed by atoms with Crippen LogP contribution >= 0.6 is 0 Å². The Hall–Kier alpha value is -1.03. The number of rotatable bonds is 1. The molecule has 2 aliphatic rings. The fraction of sp³-hybridized carbons (Fsp3) is 0.727. The van der Waals surface area contributed by atoms with Gasteiger partial charge in [-0.15, -0.1) is 0 Å². The van der Waals surface area contributed by atoms with Crippen molar-refractivity contribution in [3.63, 3.8) is 0 Å². The summed E-state index contributed by atoms with van der Waals surface area (Å²) in [5.74, 6) is 0.231. The summed E-state index contributed by atoms with van der Waals surface area (Å²) in [6.45, 7) is 2.74. The van der Waals surface area contributed by atoms with Crippen molar-refractivity contribution in [1.82, 2.24) is 0 Å². The number of hydrogen-bond donors (Lipinski definition) is 0. The molecular formula is C11H16O4. The molecule has 0 bridgehead atoms. The Morgan fingerprint density at radius 3 is 3.13 bits per heavy atom. The third-order valence-corrected chi connectivity index (χ3v) is 3.03. The van der Waals surface area contributed by atoms with Crippen molar-refractivity contribution in [3.05, 3.63) is 11.8 Å². The van der Waals surface area contributed by atoms with E-state index in [4.69, 9.17) is 9.47 Å². The van der Waals surface area contributed by atoms with Gasteiger partial charge in [0.15, 0.2) is 0 Å². The fourth-order valence-electron chi connectivity index (χ4n) is 2.19. The minimum absolute atomic E-state index is 0.0107. The quantitative estimate of drug-likeness (QED) is 0.614. The van der Waals surface area contributed by atoms with Crippen LogP contribution in [0.15, 0.2) is 11.8 Å². The summed E-state index contributed by atoms with van der Waals surface area (Å²) >= 11 is 0. The van der Waals surface area contributed by atoms with E-state index in [2.05, 4.69) is 4.74 Å². The minimum atomic E-state index is -0.422. The van der Waals surface area contributed by atoms with Crippen molar-refractivity contribution in [3.8, 4) is 0 Å². The van der Waals surface area contributed by atoms with Crippen LogP contribution in [0.25, 0.3) is 0 Å². The van der Waals surface area contributed by atoms with Gasteiger partial charge in [0.25, 0.3) is 0 Å². The normalized spacial score (nSPS) is 34.8. The lowest BCUT2D eigenvalue weighted by molar-refractivity contribution is -0.145. The summed E-state index contributed by atoms with van der Waals surface area (Å²) in [5.41, 5.74) is 0. The lowest BCUT2D eigenvalue weighted by atomic mass is 9.87. The zero-order chi connectivity index (χ0) is 10.8. The van der Waals surface area contributed by atoms with Crippen molar-refractivity contribution < 1.29 is 19.0 Å². The number of methoxy groups -OCH3 is 1. The molecule has 4 nitrogen and oxygen atoms in total.